The summed E-state index contributed by atoms with van der Waals surface area (Å²) >= 11 is 0. The van der Waals surface area contributed by atoms with Crippen LogP contribution in [0.4, 0.5) is 15.9 Å². The zero-order valence-corrected chi connectivity index (χ0v) is 12.6. The highest BCUT2D eigenvalue weighted by Crippen LogP contribution is 2.36. The van der Waals surface area contributed by atoms with Crippen LogP contribution in [0.1, 0.15) is 25.3 Å². The number of hydrogen-bond donors (Lipinski definition) is 1. The molecule has 3 heterocycles. The molecular formula is C16H22FN3O. The van der Waals surface area contributed by atoms with Gasteiger partial charge in [0.2, 0.25) is 0 Å². The first-order chi connectivity index (χ1) is 10.2. The molecule has 2 aliphatic rings. The lowest BCUT2D eigenvalue weighted by Gasteiger charge is -2.24. The second kappa shape index (κ2) is 5.92. The molecule has 1 fully saturated rings. The Morgan fingerprint density at radius 1 is 1.43 bits per heavy atom. The predicted octanol–water partition coefficient (Wildman–Crippen LogP) is 3.07. The lowest BCUT2D eigenvalue weighted by atomic mass is 10.1. The summed E-state index contributed by atoms with van der Waals surface area (Å²) in [5, 5.41) is 3.22. The van der Waals surface area contributed by atoms with Crippen LogP contribution in [0, 0.1) is 5.92 Å². The van der Waals surface area contributed by atoms with Crippen molar-refractivity contribution in [2.45, 2.75) is 25.9 Å². The fourth-order valence-corrected chi connectivity index (χ4v) is 2.99. The predicted molar refractivity (Wildman–Crippen MR) is 83.2 cm³/mol. The smallest absolute Gasteiger partial charge is 0.152 e. The van der Waals surface area contributed by atoms with Crippen molar-refractivity contribution in [2.24, 2.45) is 5.92 Å². The minimum absolute atomic E-state index is 0.0466. The molecule has 1 aromatic rings. The molecule has 1 N–H and O–H groups in total. The molecule has 4 nitrogen and oxygen atoms in total. The average Bonchev–Trinajstić information content (AvgIpc) is 2.86. The number of anilines is 2. The SMILES string of the molecule is CNc1c(C2=CCCCO2)ccnc1N1C[C@@H](F)[C@@H](C)C1. The minimum atomic E-state index is -0.787. The van der Waals surface area contributed by atoms with Gasteiger partial charge in [-0.15, -0.1) is 0 Å². The van der Waals surface area contributed by atoms with Gasteiger partial charge in [-0.05, 0) is 25.0 Å². The summed E-state index contributed by atoms with van der Waals surface area (Å²) in [7, 11) is 1.87. The number of rotatable bonds is 3. The summed E-state index contributed by atoms with van der Waals surface area (Å²) in [4.78, 5) is 6.49. The number of aromatic nitrogens is 1. The van der Waals surface area contributed by atoms with Crippen LogP contribution in [0.25, 0.3) is 5.76 Å². The lowest BCUT2D eigenvalue weighted by Crippen LogP contribution is -2.23. The van der Waals surface area contributed by atoms with E-state index in [-0.39, 0.29) is 5.92 Å². The van der Waals surface area contributed by atoms with E-state index in [9.17, 15) is 4.39 Å². The Balaban J connectivity index is 1.96. The molecule has 1 saturated heterocycles. The molecule has 114 valence electrons. The Morgan fingerprint density at radius 2 is 2.29 bits per heavy atom. The van der Waals surface area contributed by atoms with E-state index in [2.05, 4.69) is 16.4 Å². The van der Waals surface area contributed by atoms with Gasteiger partial charge in [-0.3, -0.25) is 0 Å². The van der Waals surface area contributed by atoms with E-state index < -0.39 is 6.17 Å². The Kier molecular flexibility index (Phi) is 3.99. The molecule has 5 heteroatoms. The van der Waals surface area contributed by atoms with E-state index in [1.165, 1.54) is 0 Å². The molecule has 3 rings (SSSR count). The molecule has 2 aliphatic heterocycles. The Hall–Kier alpha value is -1.78. The lowest BCUT2D eigenvalue weighted by molar-refractivity contribution is 0.259. The standard InChI is InChI=1S/C16H22FN3O/c1-11-9-20(10-13(11)17)16-15(18-2)12(6-7-19-16)14-5-3-4-8-21-14/h5-7,11,13,18H,3-4,8-10H2,1-2H3/t11-,13+/m0/s1. The first kappa shape index (κ1) is 14.2. The maximum atomic E-state index is 13.8. The van der Waals surface area contributed by atoms with Gasteiger partial charge in [-0.1, -0.05) is 6.92 Å². The van der Waals surface area contributed by atoms with Crippen molar-refractivity contribution in [1.82, 2.24) is 4.98 Å². The number of nitrogens with zero attached hydrogens (tertiary/aromatic N) is 2. The molecule has 0 radical (unpaired) electrons. The van der Waals surface area contributed by atoms with E-state index >= 15 is 0 Å². The zero-order valence-electron chi connectivity index (χ0n) is 12.6. The van der Waals surface area contributed by atoms with Gasteiger partial charge in [0.25, 0.3) is 0 Å². The number of alkyl halides is 1. The molecule has 0 amide bonds. The Morgan fingerprint density at radius 3 is 2.90 bits per heavy atom. The van der Waals surface area contributed by atoms with Crippen molar-refractivity contribution in [2.75, 3.05) is 37.0 Å². The number of nitrogens with one attached hydrogen (secondary N) is 1. The number of pyridine rings is 1. The van der Waals surface area contributed by atoms with Crippen LogP contribution in [0.5, 0.6) is 0 Å². The normalized spacial score (nSPS) is 25.5. The summed E-state index contributed by atoms with van der Waals surface area (Å²) in [6.07, 6.45) is 5.20. The summed E-state index contributed by atoms with van der Waals surface area (Å²) in [5.41, 5.74) is 1.93. The highest BCUT2D eigenvalue weighted by molar-refractivity contribution is 5.81. The Bertz CT molecular complexity index is 536. The minimum Gasteiger partial charge on any atom is -0.493 e. The van der Waals surface area contributed by atoms with Gasteiger partial charge in [0, 0.05) is 31.3 Å². The summed E-state index contributed by atoms with van der Waals surface area (Å²) < 4.78 is 19.6. The third-order valence-corrected chi connectivity index (χ3v) is 4.20. The van der Waals surface area contributed by atoms with E-state index in [0.29, 0.717) is 13.1 Å². The maximum Gasteiger partial charge on any atom is 0.152 e. The van der Waals surface area contributed by atoms with Crippen LogP contribution in [-0.4, -0.2) is 37.9 Å². The number of halogens is 1. The van der Waals surface area contributed by atoms with Crippen LogP contribution >= 0.6 is 0 Å². The highest BCUT2D eigenvalue weighted by Gasteiger charge is 2.32. The van der Waals surface area contributed by atoms with E-state index in [4.69, 9.17) is 4.74 Å². The molecule has 2 atom stereocenters. The first-order valence-corrected chi connectivity index (χ1v) is 7.59. The van der Waals surface area contributed by atoms with Crippen molar-refractivity contribution in [3.8, 4) is 0 Å². The van der Waals surface area contributed by atoms with Crippen LogP contribution in [-0.2, 0) is 4.74 Å². The molecular weight excluding hydrogens is 269 g/mol. The average molecular weight is 291 g/mol. The molecule has 1 aromatic heterocycles. The summed E-state index contributed by atoms with van der Waals surface area (Å²) in [6.45, 7) is 3.80. The third-order valence-electron chi connectivity index (χ3n) is 4.20. The van der Waals surface area contributed by atoms with Gasteiger partial charge in [0.15, 0.2) is 5.82 Å². The zero-order chi connectivity index (χ0) is 14.8. The van der Waals surface area contributed by atoms with E-state index in [1.807, 2.05) is 24.9 Å². The van der Waals surface area contributed by atoms with Crippen molar-refractivity contribution in [3.05, 3.63) is 23.9 Å². The second-order valence-electron chi connectivity index (χ2n) is 5.76. The Labute approximate surface area is 125 Å². The van der Waals surface area contributed by atoms with Gasteiger partial charge < -0.3 is 15.0 Å². The van der Waals surface area contributed by atoms with Gasteiger partial charge in [0.05, 0.1) is 18.8 Å². The van der Waals surface area contributed by atoms with Crippen LogP contribution < -0.4 is 10.2 Å². The van der Waals surface area contributed by atoms with E-state index in [0.717, 1.165) is 42.3 Å². The first-order valence-electron chi connectivity index (χ1n) is 7.59. The van der Waals surface area contributed by atoms with Crippen LogP contribution in [0.3, 0.4) is 0 Å². The molecule has 21 heavy (non-hydrogen) atoms. The molecule has 0 bridgehead atoms. The molecule has 0 saturated carbocycles. The van der Waals surface area contributed by atoms with Crippen molar-refractivity contribution >= 4 is 17.3 Å². The largest absolute Gasteiger partial charge is 0.493 e. The molecule has 0 spiro atoms. The fourth-order valence-electron chi connectivity index (χ4n) is 2.99. The van der Waals surface area contributed by atoms with Crippen molar-refractivity contribution < 1.29 is 9.13 Å². The fraction of sp³-hybridized carbons (Fsp3) is 0.562. The number of allylic oxidation sites excluding steroid dienone is 1. The number of hydrogen-bond acceptors (Lipinski definition) is 4. The topological polar surface area (TPSA) is 37.4 Å². The van der Waals surface area contributed by atoms with Gasteiger partial charge in [-0.2, -0.15) is 0 Å². The number of ether oxygens (including phenoxy) is 1. The molecule has 0 aromatic carbocycles. The maximum absolute atomic E-state index is 13.8. The van der Waals surface area contributed by atoms with Crippen molar-refractivity contribution in [3.63, 3.8) is 0 Å². The third kappa shape index (κ3) is 2.69. The highest BCUT2D eigenvalue weighted by atomic mass is 19.1. The summed E-state index contributed by atoms with van der Waals surface area (Å²) in [6, 6.07) is 1.96. The molecule has 0 unspecified atom stereocenters. The van der Waals surface area contributed by atoms with Gasteiger partial charge >= 0.3 is 0 Å². The van der Waals surface area contributed by atoms with Gasteiger partial charge in [0.1, 0.15) is 11.9 Å². The quantitative estimate of drug-likeness (QED) is 0.928. The summed E-state index contributed by atoms with van der Waals surface area (Å²) in [5.74, 6) is 1.76. The van der Waals surface area contributed by atoms with Crippen molar-refractivity contribution in [1.29, 1.82) is 0 Å². The second-order valence-corrected chi connectivity index (χ2v) is 5.76. The molecule has 0 aliphatic carbocycles. The van der Waals surface area contributed by atoms with E-state index in [1.54, 1.807) is 6.20 Å². The van der Waals surface area contributed by atoms with Crippen LogP contribution in [0.2, 0.25) is 0 Å². The van der Waals surface area contributed by atoms with Gasteiger partial charge in [-0.25, -0.2) is 9.37 Å². The monoisotopic (exact) mass is 291 g/mol. The van der Waals surface area contributed by atoms with Crippen LogP contribution in [0.15, 0.2) is 18.3 Å².